The first-order chi connectivity index (χ1) is 7.33. The van der Waals surface area contributed by atoms with Crippen LogP contribution in [0.2, 0.25) is 0 Å². The van der Waals surface area contributed by atoms with Gasteiger partial charge in [0.25, 0.3) is 0 Å². The van der Waals surface area contributed by atoms with Crippen LogP contribution in [-0.2, 0) is 32.7 Å². The van der Waals surface area contributed by atoms with Gasteiger partial charge in [-0.25, -0.2) is 0 Å². The van der Waals surface area contributed by atoms with E-state index < -0.39 is 0 Å². The van der Waals surface area contributed by atoms with Crippen LogP contribution >= 0.6 is 0 Å². The van der Waals surface area contributed by atoms with E-state index >= 15 is 0 Å². The Morgan fingerprint density at radius 3 is 2.69 bits per heavy atom. The molecule has 0 atom stereocenters. The summed E-state index contributed by atoms with van der Waals surface area (Å²) in [4.78, 5) is 4.53. The Balaban J connectivity index is 0.000000963. The van der Waals surface area contributed by atoms with Crippen molar-refractivity contribution < 1.29 is 32.7 Å². The van der Waals surface area contributed by atoms with Gasteiger partial charge >= 0.3 is 0 Å². The first kappa shape index (κ1) is 11.5. The second-order valence-corrected chi connectivity index (χ2v) is 3.56. The van der Waals surface area contributed by atoms with Crippen molar-refractivity contribution in [3.8, 4) is 0 Å². The Morgan fingerprint density at radius 2 is 1.81 bits per heavy atom. The molecule has 3 rings (SSSR count). The predicted molar refractivity (Wildman–Crippen MR) is 62.5 cm³/mol. The van der Waals surface area contributed by atoms with Crippen molar-refractivity contribution in [2.24, 2.45) is 0 Å². The van der Waals surface area contributed by atoms with E-state index in [1.165, 1.54) is 0 Å². The summed E-state index contributed by atoms with van der Waals surface area (Å²) < 4.78 is 0. The molecule has 75 valence electrons. The zero-order valence-electron chi connectivity index (χ0n) is 8.64. The SMILES string of the molecule is Nc1ccc2cc3cc[c-]cc3nc2c1.[Y]. The minimum atomic E-state index is 0. The Bertz CT molecular complexity index is 650. The number of rotatable bonds is 0. The van der Waals surface area contributed by atoms with E-state index in [0.29, 0.717) is 0 Å². The number of hydrogen-bond donors (Lipinski definition) is 1. The normalized spacial score (nSPS) is 10.2. The third-order valence-corrected chi connectivity index (χ3v) is 2.48. The van der Waals surface area contributed by atoms with Gasteiger partial charge in [-0.15, -0.1) is 5.39 Å². The third-order valence-electron chi connectivity index (χ3n) is 2.48. The molecule has 0 saturated heterocycles. The van der Waals surface area contributed by atoms with Gasteiger partial charge in [0.15, 0.2) is 0 Å². The number of anilines is 1. The molecule has 0 aliphatic heterocycles. The molecule has 2 aromatic carbocycles. The van der Waals surface area contributed by atoms with Gasteiger partial charge in [0.2, 0.25) is 0 Å². The summed E-state index contributed by atoms with van der Waals surface area (Å²) in [5, 5.41) is 2.24. The maximum Gasteiger partial charge on any atom is 0.0579 e. The van der Waals surface area contributed by atoms with Crippen molar-refractivity contribution in [1.29, 1.82) is 0 Å². The minimum absolute atomic E-state index is 0. The number of pyridine rings is 1. The Kier molecular flexibility index (Phi) is 3.22. The van der Waals surface area contributed by atoms with E-state index in [1.54, 1.807) is 0 Å². The second-order valence-electron chi connectivity index (χ2n) is 3.56. The first-order valence-electron chi connectivity index (χ1n) is 4.79. The standard InChI is InChI=1S/C13H9N2.Y/c14-11-6-5-10-7-9-3-1-2-4-12(9)15-13(10)8-11;/h1,3-8H,14H2;/q-1;. The molecule has 0 fully saturated rings. The summed E-state index contributed by atoms with van der Waals surface area (Å²) in [5.41, 5.74) is 8.35. The van der Waals surface area contributed by atoms with Gasteiger partial charge in [-0.3, -0.25) is 0 Å². The van der Waals surface area contributed by atoms with E-state index in [0.717, 1.165) is 27.5 Å². The summed E-state index contributed by atoms with van der Waals surface area (Å²) in [6.45, 7) is 0. The van der Waals surface area contributed by atoms with Crippen LogP contribution in [0.25, 0.3) is 21.8 Å². The van der Waals surface area contributed by atoms with Crippen LogP contribution in [0.4, 0.5) is 5.69 Å². The number of hydrogen-bond acceptors (Lipinski definition) is 2. The summed E-state index contributed by atoms with van der Waals surface area (Å²) in [6, 6.07) is 16.7. The zero-order valence-corrected chi connectivity index (χ0v) is 11.5. The molecule has 3 heteroatoms. The third kappa shape index (κ3) is 1.95. The molecular formula is C13H9N2Y-. The Labute approximate surface area is 119 Å². The topological polar surface area (TPSA) is 38.9 Å². The fourth-order valence-corrected chi connectivity index (χ4v) is 1.73. The quantitative estimate of drug-likeness (QED) is 0.391. The predicted octanol–water partition coefficient (Wildman–Crippen LogP) is 2.77. The molecule has 0 saturated carbocycles. The summed E-state index contributed by atoms with van der Waals surface area (Å²) in [6.07, 6.45) is 0. The van der Waals surface area contributed by atoms with Gasteiger partial charge in [0, 0.05) is 38.4 Å². The van der Waals surface area contributed by atoms with Crippen LogP contribution in [-0.4, -0.2) is 4.98 Å². The molecule has 0 spiro atoms. The Hall–Kier alpha value is -0.986. The Morgan fingerprint density at radius 1 is 1.00 bits per heavy atom. The molecule has 1 heterocycles. The monoisotopic (exact) mass is 282 g/mol. The van der Waals surface area contributed by atoms with E-state index in [-0.39, 0.29) is 32.7 Å². The fraction of sp³-hybridized carbons (Fsp3) is 0. The number of nitrogens with two attached hydrogens (primary N) is 1. The number of benzene rings is 2. The van der Waals surface area contributed by atoms with E-state index in [1.807, 2.05) is 36.4 Å². The van der Waals surface area contributed by atoms with Crippen LogP contribution in [0.1, 0.15) is 0 Å². The van der Waals surface area contributed by atoms with Crippen LogP contribution in [0.3, 0.4) is 0 Å². The van der Waals surface area contributed by atoms with Crippen molar-refractivity contribution in [2.45, 2.75) is 0 Å². The number of fused-ring (bicyclic) bond motifs is 2. The van der Waals surface area contributed by atoms with Crippen LogP contribution < -0.4 is 5.73 Å². The maximum atomic E-state index is 5.72. The first-order valence-corrected chi connectivity index (χ1v) is 4.79. The molecule has 0 unspecified atom stereocenters. The van der Waals surface area contributed by atoms with Crippen LogP contribution in [0, 0.1) is 6.07 Å². The molecular weight excluding hydrogens is 273 g/mol. The molecule has 3 aromatic rings. The average molecular weight is 282 g/mol. The van der Waals surface area contributed by atoms with E-state index in [4.69, 9.17) is 5.73 Å². The van der Waals surface area contributed by atoms with Crippen molar-refractivity contribution >= 4 is 27.5 Å². The largest absolute Gasteiger partial charge is 0.399 e. The molecule has 0 aliphatic carbocycles. The van der Waals surface area contributed by atoms with Gasteiger partial charge in [0.05, 0.1) is 5.52 Å². The van der Waals surface area contributed by atoms with E-state index in [2.05, 4.69) is 17.1 Å². The number of nitrogens with zero attached hydrogens (tertiary/aromatic N) is 1. The summed E-state index contributed by atoms with van der Waals surface area (Å²) in [7, 11) is 0. The molecule has 0 amide bonds. The van der Waals surface area contributed by atoms with Gasteiger partial charge in [0.1, 0.15) is 0 Å². The smallest absolute Gasteiger partial charge is 0.0579 e. The molecule has 1 aromatic heterocycles. The molecule has 0 aliphatic rings. The van der Waals surface area contributed by atoms with Crippen LogP contribution in [0.15, 0.2) is 42.5 Å². The second kappa shape index (κ2) is 4.48. The number of nitrogen functional groups attached to an aromatic ring is 1. The van der Waals surface area contributed by atoms with Crippen molar-refractivity contribution in [1.82, 2.24) is 4.98 Å². The molecule has 0 bridgehead atoms. The minimum Gasteiger partial charge on any atom is -0.399 e. The molecule has 16 heavy (non-hydrogen) atoms. The van der Waals surface area contributed by atoms with Crippen molar-refractivity contribution in [2.75, 3.05) is 5.73 Å². The fourth-order valence-electron chi connectivity index (χ4n) is 1.73. The zero-order chi connectivity index (χ0) is 10.3. The van der Waals surface area contributed by atoms with Gasteiger partial charge in [-0.05, 0) is 23.0 Å². The van der Waals surface area contributed by atoms with Gasteiger partial charge in [-0.1, -0.05) is 12.1 Å². The maximum absolute atomic E-state index is 5.72. The molecule has 2 N–H and O–H groups in total. The van der Waals surface area contributed by atoms with Gasteiger partial charge < -0.3 is 10.7 Å². The summed E-state index contributed by atoms with van der Waals surface area (Å²) in [5.74, 6) is 0. The average Bonchev–Trinajstić information content (AvgIpc) is 2.26. The molecule has 2 nitrogen and oxygen atoms in total. The number of aromatic nitrogens is 1. The van der Waals surface area contributed by atoms with Crippen LogP contribution in [0.5, 0.6) is 0 Å². The molecule has 1 radical (unpaired) electrons. The van der Waals surface area contributed by atoms with Crippen molar-refractivity contribution in [3.63, 3.8) is 0 Å². The van der Waals surface area contributed by atoms with Crippen molar-refractivity contribution in [3.05, 3.63) is 48.5 Å². The van der Waals surface area contributed by atoms with Gasteiger partial charge in [-0.2, -0.15) is 24.3 Å². The van der Waals surface area contributed by atoms with E-state index in [9.17, 15) is 0 Å². The summed E-state index contributed by atoms with van der Waals surface area (Å²) >= 11 is 0.